The molecule has 0 spiro atoms. The predicted octanol–water partition coefficient (Wildman–Crippen LogP) is 1.93. The molecule has 0 saturated heterocycles. The van der Waals surface area contributed by atoms with Crippen LogP contribution in [0.2, 0.25) is 0 Å². The summed E-state index contributed by atoms with van der Waals surface area (Å²) >= 11 is 0. The average molecular weight is 376 g/mol. The minimum Gasteiger partial charge on any atom is -0.339 e. The summed E-state index contributed by atoms with van der Waals surface area (Å²) in [5.41, 5.74) is 2.93. The van der Waals surface area contributed by atoms with E-state index < -0.39 is 0 Å². The summed E-state index contributed by atoms with van der Waals surface area (Å²) < 4.78 is 9.54. The molecule has 0 aliphatic carbocycles. The van der Waals surface area contributed by atoms with Crippen molar-refractivity contribution >= 4 is 0 Å². The summed E-state index contributed by atoms with van der Waals surface area (Å²) in [5.74, 6) is 2.00. The van der Waals surface area contributed by atoms with E-state index in [1.165, 1.54) is 5.69 Å². The summed E-state index contributed by atoms with van der Waals surface area (Å²) in [6, 6.07) is 5.88. The monoisotopic (exact) mass is 376 g/mol. The number of pyridine rings is 1. The highest BCUT2D eigenvalue weighted by Gasteiger charge is 2.16. The third-order valence-corrected chi connectivity index (χ3v) is 4.79. The van der Waals surface area contributed by atoms with Crippen LogP contribution in [0.4, 0.5) is 0 Å². The number of aryl methyl sites for hydroxylation is 3. The second-order valence-corrected chi connectivity index (χ2v) is 6.72. The van der Waals surface area contributed by atoms with Gasteiger partial charge >= 0.3 is 0 Å². The first-order valence-electron chi connectivity index (χ1n) is 9.39. The molecule has 0 radical (unpaired) electrons. The van der Waals surface area contributed by atoms with Crippen LogP contribution in [0.5, 0.6) is 0 Å². The predicted molar refractivity (Wildman–Crippen MR) is 101 cm³/mol. The molecule has 1 aliphatic heterocycles. The zero-order valence-electron chi connectivity index (χ0n) is 15.3. The first-order valence-corrected chi connectivity index (χ1v) is 9.39. The first kappa shape index (κ1) is 16.8. The Hall–Kier alpha value is -3.33. The zero-order chi connectivity index (χ0) is 18.8. The van der Waals surface area contributed by atoms with Crippen LogP contribution in [0.1, 0.15) is 18.0 Å². The van der Waals surface area contributed by atoms with E-state index in [2.05, 4.69) is 40.7 Å². The van der Waals surface area contributed by atoms with Gasteiger partial charge in [-0.2, -0.15) is 10.1 Å². The standard InChI is InChI=1S/C19H20N8O/c1-3-14(12-20-5-1)18-23-17(28-25-18)4-9-26-10-7-22-19(26)16-11-15-13-21-6-2-8-27(15)24-16/h1,3,5,7,10-12,21H,2,4,6,8-9,13H2. The van der Waals surface area contributed by atoms with Crippen molar-refractivity contribution in [2.45, 2.75) is 32.5 Å². The molecule has 0 aromatic carbocycles. The lowest BCUT2D eigenvalue weighted by Crippen LogP contribution is -2.11. The number of hydrogen-bond donors (Lipinski definition) is 1. The Labute approximate surface area is 161 Å². The highest BCUT2D eigenvalue weighted by atomic mass is 16.5. The summed E-state index contributed by atoms with van der Waals surface area (Å²) in [4.78, 5) is 13.1. The van der Waals surface area contributed by atoms with Gasteiger partial charge in [-0.3, -0.25) is 9.67 Å². The van der Waals surface area contributed by atoms with Crippen LogP contribution in [0.15, 0.2) is 47.5 Å². The number of aromatic nitrogens is 7. The maximum absolute atomic E-state index is 5.39. The molecule has 0 unspecified atom stereocenters. The van der Waals surface area contributed by atoms with E-state index in [1.807, 2.05) is 18.3 Å². The molecule has 28 heavy (non-hydrogen) atoms. The van der Waals surface area contributed by atoms with Crippen molar-refractivity contribution in [2.75, 3.05) is 6.54 Å². The summed E-state index contributed by atoms with van der Waals surface area (Å²) in [5, 5.41) is 12.2. The van der Waals surface area contributed by atoms with Gasteiger partial charge in [-0.25, -0.2) is 4.98 Å². The molecule has 4 aromatic rings. The molecule has 0 atom stereocenters. The molecular weight excluding hydrogens is 356 g/mol. The highest BCUT2D eigenvalue weighted by molar-refractivity contribution is 5.52. The van der Waals surface area contributed by atoms with E-state index in [0.29, 0.717) is 24.7 Å². The number of rotatable bonds is 5. The van der Waals surface area contributed by atoms with Crippen LogP contribution < -0.4 is 5.32 Å². The molecule has 9 heteroatoms. The Morgan fingerprint density at radius 2 is 2.25 bits per heavy atom. The molecule has 1 aliphatic rings. The van der Waals surface area contributed by atoms with Gasteiger partial charge in [0.05, 0.1) is 5.69 Å². The lowest BCUT2D eigenvalue weighted by Gasteiger charge is -2.04. The zero-order valence-corrected chi connectivity index (χ0v) is 15.3. The Morgan fingerprint density at radius 1 is 1.25 bits per heavy atom. The molecule has 9 nitrogen and oxygen atoms in total. The van der Waals surface area contributed by atoms with Gasteiger partial charge in [0, 0.05) is 56.4 Å². The Morgan fingerprint density at radius 3 is 3.18 bits per heavy atom. The molecule has 0 bridgehead atoms. The van der Waals surface area contributed by atoms with Gasteiger partial charge in [-0.1, -0.05) is 5.16 Å². The first-order chi connectivity index (χ1) is 13.9. The average Bonchev–Trinajstić information content (AvgIpc) is 3.44. The van der Waals surface area contributed by atoms with Crippen molar-refractivity contribution in [3.05, 3.63) is 54.6 Å². The van der Waals surface area contributed by atoms with Gasteiger partial charge in [-0.15, -0.1) is 0 Å². The van der Waals surface area contributed by atoms with Crippen LogP contribution in [0.25, 0.3) is 22.9 Å². The summed E-state index contributed by atoms with van der Waals surface area (Å²) in [7, 11) is 0. The fourth-order valence-electron chi connectivity index (χ4n) is 3.38. The minimum atomic E-state index is 0.555. The number of imidazole rings is 1. The molecule has 0 amide bonds. The van der Waals surface area contributed by atoms with Crippen molar-refractivity contribution in [3.8, 4) is 22.9 Å². The molecule has 5 rings (SSSR count). The maximum atomic E-state index is 5.39. The van der Waals surface area contributed by atoms with Crippen LogP contribution >= 0.6 is 0 Å². The largest absolute Gasteiger partial charge is 0.339 e. The van der Waals surface area contributed by atoms with E-state index >= 15 is 0 Å². The normalized spacial score (nSPS) is 14.0. The SMILES string of the molecule is c1cncc(-c2noc(CCn3ccnc3-c3cc4n(n3)CCCNC4)n2)c1. The number of nitrogens with one attached hydrogen (secondary N) is 1. The smallest absolute Gasteiger partial charge is 0.228 e. The fraction of sp³-hybridized carbons (Fsp3) is 0.316. The lowest BCUT2D eigenvalue weighted by atomic mass is 10.3. The number of nitrogens with zero attached hydrogens (tertiary/aromatic N) is 7. The van der Waals surface area contributed by atoms with Crippen LogP contribution in [0, 0.1) is 0 Å². The second-order valence-electron chi connectivity index (χ2n) is 6.72. The van der Waals surface area contributed by atoms with Crippen molar-refractivity contribution in [2.24, 2.45) is 0 Å². The van der Waals surface area contributed by atoms with Crippen molar-refractivity contribution in [1.29, 1.82) is 0 Å². The molecule has 0 fully saturated rings. The van der Waals surface area contributed by atoms with Crippen molar-refractivity contribution in [1.82, 2.24) is 39.8 Å². The molecule has 142 valence electrons. The Kier molecular flexibility index (Phi) is 4.42. The Balaban J connectivity index is 1.32. The van der Waals surface area contributed by atoms with Gasteiger partial charge in [-0.05, 0) is 31.2 Å². The number of fused-ring (bicyclic) bond motifs is 1. The van der Waals surface area contributed by atoms with E-state index in [9.17, 15) is 0 Å². The Bertz CT molecular complexity index is 1040. The highest BCUT2D eigenvalue weighted by Crippen LogP contribution is 2.20. The molecule has 4 aromatic heterocycles. The van der Waals surface area contributed by atoms with Crippen molar-refractivity contribution < 1.29 is 4.52 Å². The fourth-order valence-corrected chi connectivity index (χ4v) is 3.38. The third-order valence-electron chi connectivity index (χ3n) is 4.79. The molecule has 0 saturated carbocycles. The van der Waals surface area contributed by atoms with E-state index in [0.717, 1.165) is 43.1 Å². The summed E-state index contributed by atoms with van der Waals surface area (Å²) in [6.45, 7) is 3.48. The van der Waals surface area contributed by atoms with Crippen LogP contribution in [-0.4, -0.2) is 41.0 Å². The van der Waals surface area contributed by atoms with E-state index in [1.54, 1.807) is 18.6 Å². The minimum absolute atomic E-state index is 0.555. The topological polar surface area (TPSA) is 99.5 Å². The van der Waals surface area contributed by atoms with Crippen LogP contribution in [-0.2, 0) is 26.1 Å². The van der Waals surface area contributed by atoms with Crippen molar-refractivity contribution in [3.63, 3.8) is 0 Å². The van der Waals surface area contributed by atoms with Gasteiger partial charge in [0.25, 0.3) is 0 Å². The molecule has 1 N–H and O–H groups in total. The molecule has 5 heterocycles. The van der Waals surface area contributed by atoms with Gasteiger partial charge in [0.2, 0.25) is 11.7 Å². The van der Waals surface area contributed by atoms with Gasteiger partial charge in [0.1, 0.15) is 5.69 Å². The van der Waals surface area contributed by atoms with Crippen LogP contribution in [0.3, 0.4) is 0 Å². The quantitative estimate of drug-likeness (QED) is 0.568. The van der Waals surface area contributed by atoms with Gasteiger partial charge in [0.15, 0.2) is 5.82 Å². The summed E-state index contributed by atoms with van der Waals surface area (Å²) in [6.07, 6.45) is 8.89. The number of hydrogen-bond acceptors (Lipinski definition) is 7. The van der Waals surface area contributed by atoms with E-state index in [-0.39, 0.29) is 0 Å². The second kappa shape index (κ2) is 7.35. The van der Waals surface area contributed by atoms with Gasteiger partial charge < -0.3 is 14.4 Å². The third kappa shape index (κ3) is 3.31. The molecular formula is C19H20N8O. The maximum Gasteiger partial charge on any atom is 0.228 e. The van der Waals surface area contributed by atoms with E-state index in [4.69, 9.17) is 9.62 Å². The lowest BCUT2D eigenvalue weighted by molar-refractivity contribution is 0.372.